The Hall–Kier alpha value is -4.37. The number of anilines is 4. The molecule has 1 heterocycles. The van der Waals surface area contributed by atoms with Crippen LogP contribution < -0.4 is 15.4 Å². The molecule has 0 aliphatic rings. The molecule has 4 rings (SSSR count). The maximum absolute atomic E-state index is 9.05. The Morgan fingerprint density at radius 2 is 1.53 bits per heavy atom. The molecule has 0 fully saturated rings. The van der Waals surface area contributed by atoms with Gasteiger partial charge < -0.3 is 15.4 Å². The van der Waals surface area contributed by atoms with Gasteiger partial charge in [-0.2, -0.15) is 10.2 Å². The Balaban J connectivity index is 1.47. The third kappa shape index (κ3) is 4.91. The van der Waals surface area contributed by atoms with Gasteiger partial charge in [-0.15, -0.1) is 0 Å². The molecular weight excluding hydrogens is 374 g/mol. The van der Waals surface area contributed by atoms with Crippen molar-refractivity contribution in [1.82, 2.24) is 9.97 Å². The molecular formula is C24H19N5O. The van der Waals surface area contributed by atoms with E-state index in [4.69, 9.17) is 10.00 Å². The maximum Gasteiger partial charge on any atom is 0.229 e. The van der Waals surface area contributed by atoms with Gasteiger partial charge in [0.15, 0.2) is 0 Å². The van der Waals surface area contributed by atoms with Crippen LogP contribution in [0.3, 0.4) is 0 Å². The van der Waals surface area contributed by atoms with E-state index in [9.17, 15) is 0 Å². The highest BCUT2D eigenvalue weighted by Gasteiger charge is 2.05. The first-order valence-corrected chi connectivity index (χ1v) is 9.41. The molecule has 0 aliphatic carbocycles. The Morgan fingerprint density at radius 1 is 0.767 bits per heavy atom. The van der Waals surface area contributed by atoms with E-state index in [-0.39, 0.29) is 0 Å². The fourth-order valence-corrected chi connectivity index (χ4v) is 2.86. The second-order valence-corrected chi connectivity index (χ2v) is 6.60. The fraction of sp³-hybridized carbons (Fsp3) is 0.0417. The van der Waals surface area contributed by atoms with Crippen molar-refractivity contribution in [3.05, 3.63) is 96.2 Å². The number of rotatable bonds is 6. The molecule has 146 valence electrons. The molecule has 0 aliphatic heterocycles. The number of nitrogens with one attached hydrogen (secondary N) is 2. The summed E-state index contributed by atoms with van der Waals surface area (Å²) in [5.41, 5.74) is 3.03. The summed E-state index contributed by atoms with van der Waals surface area (Å²) in [5.74, 6) is 2.67. The van der Waals surface area contributed by atoms with Crippen molar-refractivity contribution in [2.24, 2.45) is 0 Å². The third-order valence-electron chi connectivity index (χ3n) is 4.21. The van der Waals surface area contributed by atoms with E-state index in [0.717, 1.165) is 28.6 Å². The van der Waals surface area contributed by atoms with E-state index in [2.05, 4.69) is 26.7 Å². The first kappa shape index (κ1) is 19.0. The second kappa shape index (κ2) is 8.76. The zero-order valence-corrected chi connectivity index (χ0v) is 16.3. The molecule has 0 atom stereocenters. The molecule has 4 aromatic rings. The lowest BCUT2D eigenvalue weighted by Crippen LogP contribution is -2.02. The van der Waals surface area contributed by atoms with Gasteiger partial charge in [0.2, 0.25) is 5.95 Å². The topological polar surface area (TPSA) is 82.9 Å². The van der Waals surface area contributed by atoms with Crippen molar-refractivity contribution in [1.29, 1.82) is 5.26 Å². The molecule has 3 aromatic carbocycles. The number of hydrogen-bond acceptors (Lipinski definition) is 6. The van der Waals surface area contributed by atoms with Crippen LogP contribution in [-0.2, 0) is 0 Å². The fourth-order valence-electron chi connectivity index (χ4n) is 2.86. The van der Waals surface area contributed by atoms with Crippen molar-refractivity contribution >= 4 is 23.1 Å². The highest BCUT2D eigenvalue weighted by molar-refractivity contribution is 5.61. The predicted molar refractivity (Wildman–Crippen MR) is 117 cm³/mol. The lowest BCUT2D eigenvalue weighted by molar-refractivity contribution is 0.483. The average molecular weight is 393 g/mol. The molecule has 0 bridgehead atoms. The molecule has 1 aromatic heterocycles. The zero-order chi connectivity index (χ0) is 20.8. The Bertz CT molecular complexity index is 1180. The summed E-state index contributed by atoms with van der Waals surface area (Å²) in [6, 6.07) is 28.5. The van der Waals surface area contributed by atoms with Gasteiger partial charge >= 0.3 is 0 Å². The molecule has 0 spiro atoms. The summed E-state index contributed by atoms with van der Waals surface area (Å²) < 4.78 is 5.82. The summed E-state index contributed by atoms with van der Waals surface area (Å²) in [4.78, 5) is 8.94. The van der Waals surface area contributed by atoms with Crippen molar-refractivity contribution in [2.45, 2.75) is 6.92 Å². The maximum atomic E-state index is 9.05. The second-order valence-electron chi connectivity index (χ2n) is 6.60. The normalized spacial score (nSPS) is 10.1. The molecule has 0 unspecified atom stereocenters. The molecule has 6 nitrogen and oxygen atoms in total. The van der Waals surface area contributed by atoms with E-state index < -0.39 is 0 Å². The van der Waals surface area contributed by atoms with Gasteiger partial charge in [-0.1, -0.05) is 24.3 Å². The van der Waals surface area contributed by atoms with Crippen LogP contribution in [-0.4, -0.2) is 9.97 Å². The van der Waals surface area contributed by atoms with E-state index in [1.54, 1.807) is 12.1 Å². The lowest BCUT2D eigenvalue weighted by Gasteiger charge is -2.11. The molecule has 0 saturated carbocycles. The number of benzene rings is 3. The van der Waals surface area contributed by atoms with Crippen molar-refractivity contribution < 1.29 is 4.74 Å². The van der Waals surface area contributed by atoms with Crippen LogP contribution in [0.25, 0.3) is 0 Å². The molecule has 0 saturated heterocycles. The Kier molecular flexibility index (Phi) is 5.54. The van der Waals surface area contributed by atoms with Crippen LogP contribution in [0.2, 0.25) is 0 Å². The monoisotopic (exact) mass is 393 g/mol. The van der Waals surface area contributed by atoms with Gasteiger partial charge in [0.25, 0.3) is 0 Å². The molecule has 6 heteroatoms. The molecule has 0 radical (unpaired) electrons. The van der Waals surface area contributed by atoms with E-state index >= 15 is 0 Å². The third-order valence-corrected chi connectivity index (χ3v) is 4.21. The van der Waals surface area contributed by atoms with Crippen molar-refractivity contribution in [3.8, 4) is 17.6 Å². The summed E-state index contributed by atoms with van der Waals surface area (Å²) in [6.07, 6.45) is 0. The molecule has 2 N–H and O–H groups in total. The number of para-hydroxylation sites is 1. The van der Waals surface area contributed by atoms with Crippen LogP contribution in [0.4, 0.5) is 23.1 Å². The van der Waals surface area contributed by atoms with Crippen LogP contribution in [0.1, 0.15) is 11.3 Å². The highest BCUT2D eigenvalue weighted by Crippen LogP contribution is 2.25. The van der Waals surface area contributed by atoms with Gasteiger partial charge in [-0.05, 0) is 61.5 Å². The number of aryl methyl sites for hydroxylation is 1. The standard InChI is InChI=1S/C24H19N5O/c1-17-14-23(29-24(26-17)28-20-7-5-6-18(15-20)16-25)27-19-10-12-22(13-11-19)30-21-8-3-2-4-9-21/h2-15H,1H3,(H2,26,27,28,29). The minimum Gasteiger partial charge on any atom is -0.457 e. The quantitative estimate of drug-likeness (QED) is 0.422. The van der Waals surface area contributed by atoms with Crippen LogP contribution in [0.5, 0.6) is 11.5 Å². The van der Waals surface area contributed by atoms with Crippen molar-refractivity contribution in [3.63, 3.8) is 0 Å². The first-order valence-electron chi connectivity index (χ1n) is 9.41. The first-order chi connectivity index (χ1) is 14.7. The number of ether oxygens (including phenoxy) is 1. The summed E-state index contributed by atoms with van der Waals surface area (Å²) in [5, 5.41) is 15.5. The van der Waals surface area contributed by atoms with E-state index in [0.29, 0.717) is 17.3 Å². The number of hydrogen-bond donors (Lipinski definition) is 2. The smallest absolute Gasteiger partial charge is 0.229 e. The minimum absolute atomic E-state index is 0.455. The zero-order valence-electron chi connectivity index (χ0n) is 16.3. The van der Waals surface area contributed by atoms with Gasteiger partial charge in [0.1, 0.15) is 17.3 Å². The minimum atomic E-state index is 0.455. The summed E-state index contributed by atoms with van der Waals surface area (Å²) in [7, 11) is 0. The SMILES string of the molecule is Cc1cc(Nc2ccc(Oc3ccccc3)cc2)nc(Nc2cccc(C#N)c2)n1. The summed E-state index contributed by atoms with van der Waals surface area (Å²) >= 11 is 0. The van der Waals surface area contributed by atoms with Crippen LogP contribution >= 0.6 is 0 Å². The van der Waals surface area contributed by atoms with Gasteiger partial charge in [-0.25, -0.2) is 4.98 Å². The van der Waals surface area contributed by atoms with Crippen LogP contribution in [0, 0.1) is 18.3 Å². The van der Waals surface area contributed by atoms with E-state index in [1.165, 1.54) is 0 Å². The Labute approximate surface area is 174 Å². The lowest BCUT2D eigenvalue weighted by atomic mass is 10.2. The Morgan fingerprint density at radius 3 is 2.30 bits per heavy atom. The van der Waals surface area contributed by atoms with E-state index in [1.807, 2.05) is 79.7 Å². The number of nitrogens with zero attached hydrogens (tertiary/aromatic N) is 3. The number of nitriles is 1. The van der Waals surface area contributed by atoms with Gasteiger partial charge in [-0.3, -0.25) is 0 Å². The van der Waals surface area contributed by atoms with Crippen LogP contribution in [0.15, 0.2) is 84.9 Å². The highest BCUT2D eigenvalue weighted by atomic mass is 16.5. The van der Waals surface area contributed by atoms with Gasteiger partial charge in [0, 0.05) is 23.1 Å². The average Bonchev–Trinajstić information content (AvgIpc) is 2.76. The van der Waals surface area contributed by atoms with Gasteiger partial charge in [0.05, 0.1) is 11.6 Å². The molecule has 0 amide bonds. The largest absolute Gasteiger partial charge is 0.457 e. The molecule has 30 heavy (non-hydrogen) atoms. The summed E-state index contributed by atoms with van der Waals surface area (Å²) in [6.45, 7) is 1.90. The predicted octanol–water partition coefficient (Wildman–Crippen LogP) is 5.94. The number of aromatic nitrogens is 2. The van der Waals surface area contributed by atoms with Crippen molar-refractivity contribution in [2.75, 3.05) is 10.6 Å².